The largest absolute Gasteiger partial charge is 0.493 e. The number of nitrogens with two attached hydrogens (primary N) is 1. The number of thiazole rings is 1. The summed E-state index contributed by atoms with van der Waals surface area (Å²) in [7, 11) is 3.23. The fourth-order valence-corrected chi connectivity index (χ4v) is 3.63. The van der Waals surface area contributed by atoms with E-state index < -0.39 is 0 Å². The van der Waals surface area contributed by atoms with Crippen LogP contribution in [0.3, 0.4) is 0 Å². The van der Waals surface area contributed by atoms with Gasteiger partial charge in [0.25, 0.3) is 0 Å². The van der Waals surface area contributed by atoms with Crippen LogP contribution < -0.4 is 20.5 Å². The van der Waals surface area contributed by atoms with Gasteiger partial charge in [-0.2, -0.15) is 0 Å². The van der Waals surface area contributed by atoms with Crippen molar-refractivity contribution in [2.45, 2.75) is 25.9 Å². The Morgan fingerprint density at radius 2 is 1.80 bits per heavy atom. The molecule has 3 aromatic rings. The van der Waals surface area contributed by atoms with Gasteiger partial charge in [0.1, 0.15) is 0 Å². The lowest BCUT2D eigenvalue weighted by atomic mass is 10.1. The predicted molar refractivity (Wildman–Crippen MR) is 133 cm³/mol. The van der Waals surface area contributed by atoms with Crippen LogP contribution in [0.15, 0.2) is 58.9 Å². The highest BCUT2D eigenvalue weighted by Gasteiger charge is 2.05. The number of hydrogen-bond donors (Lipinski definition) is 2. The van der Waals surface area contributed by atoms with Crippen molar-refractivity contribution in [1.82, 2.24) is 10.3 Å². The van der Waals surface area contributed by atoms with Crippen molar-refractivity contribution in [2.75, 3.05) is 14.2 Å². The van der Waals surface area contributed by atoms with Crippen LogP contribution in [0.1, 0.15) is 21.8 Å². The molecule has 0 aliphatic rings. The molecule has 0 bridgehead atoms. The van der Waals surface area contributed by atoms with Crippen LogP contribution in [-0.2, 0) is 25.9 Å². The van der Waals surface area contributed by atoms with Gasteiger partial charge >= 0.3 is 0 Å². The van der Waals surface area contributed by atoms with Crippen molar-refractivity contribution in [1.29, 1.82) is 0 Å². The first-order chi connectivity index (χ1) is 14.2. The average Bonchev–Trinajstić information content (AvgIpc) is 3.23. The van der Waals surface area contributed by atoms with Gasteiger partial charge < -0.3 is 20.5 Å². The standard InChI is InChI=1S/C22H26N4O2S.HI/c1-27-19-10-8-17(12-20(19)28-2)13-24-22(23)25-14-18-15-29-21(26-18)11-9-16-6-4-3-5-7-16;/h3-8,10,12,15H,9,11,13-14H2,1-2H3,(H3,23,24,25);1H. The highest BCUT2D eigenvalue weighted by molar-refractivity contribution is 14.0. The molecule has 0 spiro atoms. The first kappa shape index (κ1) is 23.9. The molecule has 160 valence electrons. The minimum absolute atomic E-state index is 0. The van der Waals surface area contributed by atoms with Crippen LogP contribution in [0.25, 0.3) is 0 Å². The highest BCUT2D eigenvalue weighted by Crippen LogP contribution is 2.27. The summed E-state index contributed by atoms with van der Waals surface area (Å²) >= 11 is 1.68. The third-order valence-corrected chi connectivity index (χ3v) is 5.36. The lowest BCUT2D eigenvalue weighted by molar-refractivity contribution is 0.354. The van der Waals surface area contributed by atoms with Crippen LogP contribution >= 0.6 is 35.3 Å². The summed E-state index contributed by atoms with van der Waals surface area (Å²) in [5, 5.41) is 6.32. The summed E-state index contributed by atoms with van der Waals surface area (Å²) in [6.45, 7) is 1.02. The number of aryl methyl sites for hydroxylation is 2. The van der Waals surface area contributed by atoms with E-state index in [0.717, 1.165) is 29.1 Å². The average molecular weight is 538 g/mol. The summed E-state index contributed by atoms with van der Waals surface area (Å²) in [6.07, 6.45) is 1.94. The van der Waals surface area contributed by atoms with Gasteiger partial charge in [-0.15, -0.1) is 35.3 Å². The molecule has 8 heteroatoms. The van der Waals surface area contributed by atoms with Crippen molar-refractivity contribution >= 4 is 41.3 Å². The molecule has 0 unspecified atom stereocenters. The van der Waals surface area contributed by atoms with Gasteiger partial charge in [0.15, 0.2) is 17.5 Å². The van der Waals surface area contributed by atoms with Crippen molar-refractivity contribution < 1.29 is 9.47 Å². The monoisotopic (exact) mass is 538 g/mol. The molecule has 1 heterocycles. The second-order valence-corrected chi connectivity index (χ2v) is 7.41. The predicted octanol–water partition coefficient (Wildman–Crippen LogP) is 4.17. The lowest BCUT2D eigenvalue weighted by Crippen LogP contribution is -2.31. The van der Waals surface area contributed by atoms with Gasteiger partial charge in [0.05, 0.1) is 38.0 Å². The number of aliphatic imine (C=N–C) groups is 1. The Balaban J connectivity index is 0.00000320. The maximum Gasteiger partial charge on any atom is 0.189 e. The van der Waals surface area contributed by atoms with E-state index in [2.05, 4.69) is 44.9 Å². The van der Waals surface area contributed by atoms with Gasteiger partial charge in [-0.1, -0.05) is 36.4 Å². The lowest BCUT2D eigenvalue weighted by Gasteiger charge is -2.09. The quantitative estimate of drug-likeness (QED) is 0.243. The number of ether oxygens (including phenoxy) is 2. The number of nitrogens with one attached hydrogen (secondary N) is 1. The Morgan fingerprint density at radius 3 is 2.53 bits per heavy atom. The summed E-state index contributed by atoms with van der Waals surface area (Å²) in [6, 6.07) is 16.2. The number of aromatic nitrogens is 1. The number of halogens is 1. The van der Waals surface area contributed by atoms with Crippen molar-refractivity contribution in [3.05, 3.63) is 75.7 Å². The Hall–Kier alpha value is -2.33. The topological polar surface area (TPSA) is 81.8 Å². The van der Waals surface area contributed by atoms with Gasteiger partial charge in [-0.25, -0.2) is 9.98 Å². The number of nitrogens with zero attached hydrogens (tertiary/aromatic N) is 2. The van der Waals surface area contributed by atoms with E-state index in [9.17, 15) is 0 Å². The van der Waals surface area contributed by atoms with Crippen molar-refractivity contribution in [3.63, 3.8) is 0 Å². The molecule has 1 aromatic heterocycles. The number of methoxy groups -OCH3 is 2. The molecule has 0 radical (unpaired) electrons. The van der Waals surface area contributed by atoms with E-state index in [1.54, 1.807) is 25.6 Å². The number of guanidine groups is 1. The first-order valence-electron chi connectivity index (χ1n) is 9.40. The molecule has 6 nitrogen and oxygen atoms in total. The number of hydrogen-bond acceptors (Lipinski definition) is 5. The summed E-state index contributed by atoms with van der Waals surface area (Å²) in [4.78, 5) is 9.06. The molecule has 0 aliphatic heterocycles. The van der Waals surface area contributed by atoms with E-state index >= 15 is 0 Å². The molecule has 0 saturated heterocycles. The van der Waals surface area contributed by atoms with Crippen LogP contribution in [0.5, 0.6) is 11.5 Å². The minimum atomic E-state index is 0. The molecule has 0 fully saturated rings. The highest BCUT2D eigenvalue weighted by atomic mass is 127. The second-order valence-electron chi connectivity index (χ2n) is 6.46. The third kappa shape index (κ3) is 7.17. The maximum absolute atomic E-state index is 6.00. The Kier molecular flexibility index (Phi) is 9.88. The molecule has 0 amide bonds. The minimum Gasteiger partial charge on any atom is -0.493 e. The van der Waals surface area contributed by atoms with E-state index in [4.69, 9.17) is 15.2 Å². The zero-order valence-electron chi connectivity index (χ0n) is 17.1. The molecule has 30 heavy (non-hydrogen) atoms. The van der Waals surface area contributed by atoms with Crippen LogP contribution in [0.2, 0.25) is 0 Å². The second kappa shape index (κ2) is 12.4. The van der Waals surface area contributed by atoms with E-state index in [0.29, 0.717) is 30.5 Å². The number of rotatable bonds is 9. The smallest absolute Gasteiger partial charge is 0.189 e. The zero-order chi connectivity index (χ0) is 20.5. The molecule has 0 saturated carbocycles. The van der Waals surface area contributed by atoms with Gasteiger partial charge in [0.2, 0.25) is 0 Å². The fraction of sp³-hybridized carbons (Fsp3) is 0.273. The zero-order valence-corrected chi connectivity index (χ0v) is 20.3. The van der Waals surface area contributed by atoms with E-state index in [1.807, 2.05) is 24.3 Å². The van der Waals surface area contributed by atoms with Crippen molar-refractivity contribution in [2.24, 2.45) is 10.7 Å². The molecular formula is C22H27IN4O2S. The summed E-state index contributed by atoms with van der Waals surface area (Å²) in [5.74, 6) is 1.76. The van der Waals surface area contributed by atoms with Gasteiger partial charge in [0, 0.05) is 11.8 Å². The Bertz CT molecular complexity index is 947. The number of benzene rings is 2. The molecule has 2 aromatic carbocycles. The molecule has 0 atom stereocenters. The van der Waals surface area contributed by atoms with Gasteiger partial charge in [-0.3, -0.25) is 0 Å². The molecular weight excluding hydrogens is 511 g/mol. The third-order valence-electron chi connectivity index (χ3n) is 4.40. The van der Waals surface area contributed by atoms with E-state index in [-0.39, 0.29) is 24.0 Å². The van der Waals surface area contributed by atoms with Crippen LogP contribution in [0, 0.1) is 0 Å². The van der Waals surface area contributed by atoms with E-state index in [1.165, 1.54) is 5.56 Å². The molecule has 0 aliphatic carbocycles. The Morgan fingerprint density at radius 1 is 1.03 bits per heavy atom. The molecule has 3 rings (SSSR count). The normalized spacial score (nSPS) is 10.9. The summed E-state index contributed by atoms with van der Waals surface area (Å²) < 4.78 is 10.6. The van der Waals surface area contributed by atoms with Crippen LogP contribution in [-0.4, -0.2) is 25.2 Å². The SMILES string of the molecule is COc1ccc(CN=C(N)NCc2csc(CCc3ccccc3)n2)cc1OC.I. The van der Waals surface area contributed by atoms with Gasteiger partial charge in [-0.05, 0) is 29.7 Å². The maximum atomic E-state index is 6.00. The Labute approximate surface area is 198 Å². The van der Waals surface area contributed by atoms with Crippen molar-refractivity contribution in [3.8, 4) is 11.5 Å². The fourth-order valence-electron chi connectivity index (χ4n) is 2.83. The first-order valence-corrected chi connectivity index (χ1v) is 10.3. The molecule has 3 N–H and O–H groups in total. The van der Waals surface area contributed by atoms with Crippen LogP contribution in [0.4, 0.5) is 0 Å². The summed E-state index contributed by atoms with van der Waals surface area (Å²) in [5.41, 5.74) is 9.29.